The molecule has 4 saturated carbocycles. The molecular weight excluding hydrogens is 465 g/mol. The summed E-state index contributed by atoms with van der Waals surface area (Å²) in [6.45, 7) is 0. The van der Waals surface area contributed by atoms with Gasteiger partial charge in [0.15, 0.2) is 5.82 Å². The summed E-state index contributed by atoms with van der Waals surface area (Å²) in [7, 11) is 0. The number of amides is 1. The lowest BCUT2D eigenvalue weighted by Gasteiger charge is -2.61. The predicted molar refractivity (Wildman–Crippen MR) is 126 cm³/mol. The van der Waals surface area contributed by atoms with Crippen LogP contribution in [0.1, 0.15) is 43.7 Å². The van der Waals surface area contributed by atoms with E-state index in [-0.39, 0.29) is 5.54 Å². The maximum absolute atomic E-state index is 15.3. The second kappa shape index (κ2) is 7.97. The van der Waals surface area contributed by atoms with E-state index in [1.165, 1.54) is 6.33 Å². The molecule has 36 heavy (non-hydrogen) atoms. The zero-order chi connectivity index (χ0) is 24.3. The Morgan fingerprint density at radius 1 is 1.19 bits per heavy atom. The van der Waals surface area contributed by atoms with Gasteiger partial charge in [-0.1, -0.05) is 0 Å². The van der Waals surface area contributed by atoms with E-state index in [1.807, 2.05) is 6.07 Å². The molecule has 1 amide bonds. The predicted octanol–water partition coefficient (Wildman–Crippen LogP) is 3.52. The molecule has 0 radical (unpaired) electrons. The molecule has 4 fully saturated rings. The lowest BCUT2D eigenvalue weighted by atomic mass is 9.50. The molecule has 12 heteroatoms. The van der Waals surface area contributed by atoms with Crippen molar-refractivity contribution < 1.29 is 13.9 Å². The van der Waals surface area contributed by atoms with E-state index in [9.17, 15) is 4.79 Å². The quantitative estimate of drug-likeness (QED) is 0.374. The Balaban J connectivity index is 1.06. The maximum atomic E-state index is 15.3. The molecule has 0 unspecified atom stereocenters. The fourth-order valence-electron chi connectivity index (χ4n) is 5.68. The van der Waals surface area contributed by atoms with Crippen molar-refractivity contribution in [3.63, 3.8) is 0 Å². The summed E-state index contributed by atoms with van der Waals surface area (Å²) in [5.74, 6) is 1.30. The Morgan fingerprint density at radius 3 is 2.81 bits per heavy atom. The highest BCUT2D eigenvalue weighted by molar-refractivity contribution is 5.69. The van der Waals surface area contributed by atoms with Gasteiger partial charge < -0.3 is 15.4 Å². The van der Waals surface area contributed by atoms with Crippen molar-refractivity contribution in [2.75, 3.05) is 5.32 Å². The number of carbonyl (C=O) groups is 1. The highest BCUT2D eigenvalue weighted by atomic mass is 19.1. The van der Waals surface area contributed by atoms with Crippen LogP contribution in [0.15, 0.2) is 43.2 Å². The van der Waals surface area contributed by atoms with E-state index < -0.39 is 24.3 Å². The minimum Gasteiger partial charge on any atom is -0.443 e. The zero-order valence-corrected chi connectivity index (χ0v) is 19.3. The van der Waals surface area contributed by atoms with Gasteiger partial charge >= 0.3 is 6.09 Å². The number of alkyl carbamates (subject to hydrolysis) is 1. The highest BCUT2D eigenvalue weighted by Gasteiger charge is 2.58. The van der Waals surface area contributed by atoms with Crippen molar-refractivity contribution in [2.45, 2.75) is 55.8 Å². The minimum atomic E-state index is -1.31. The smallest absolute Gasteiger partial charge is 0.407 e. The van der Waals surface area contributed by atoms with Gasteiger partial charge in [0.05, 0.1) is 5.69 Å². The van der Waals surface area contributed by atoms with Crippen molar-refractivity contribution in [1.82, 2.24) is 39.9 Å². The number of hydrogen-bond acceptors (Lipinski definition) is 8. The topological polar surface area (TPSA) is 135 Å². The number of ether oxygens (including phenoxy) is 1. The number of halogens is 1. The second-order valence-corrected chi connectivity index (χ2v) is 10.0. The van der Waals surface area contributed by atoms with Crippen molar-refractivity contribution in [3.05, 3.63) is 48.9 Å². The van der Waals surface area contributed by atoms with Gasteiger partial charge in [-0.25, -0.2) is 29.1 Å². The molecular formula is C24H24FN9O2. The molecule has 3 atom stereocenters. The molecule has 3 N–H and O–H groups in total. The van der Waals surface area contributed by atoms with Crippen LogP contribution in [-0.4, -0.2) is 58.4 Å². The third kappa shape index (κ3) is 3.55. The molecule has 0 saturated heterocycles. The molecule has 4 aliphatic carbocycles. The first-order valence-electron chi connectivity index (χ1n) is 12.1. The van der Waals surface area contributed by atoms with Crippen LogP contribution in [0, 0.1) is 5.92 Å². The average molecular weight is 490 g/mol. The van der Waals surface area contributed by atoms with Crippen LogP contribution in [0.4, 0.5) is 21.0 Å². The summed E-state index contributed by atoms with van der Waals surface area (Å²) in [4.78, 5) is 29.5. The number of rotatable bonds is 6. The van der Waals surface area contributed by atoms with Gasteiger partial charge in [-0.2, -0.15) is 5.10 Å². The molecule has 4 aromatic rings. The third-order valence-electron chi connectivity index (χ3n) is 7.65. The lowest BCUT2D eigenvalue weighted by Crippen LogP contribution is -2.68. The van der Waals surface area contributed by atoms with Gasteiger partial charge in [-0.3, -0.25) is 9.50 Å². The highest BCUT2D eigenvalue weighted by Crippen LogP contribution is 2.57. The Bertz CT molecular complexity index is 1420. The van der Waals surface area contributed by atoms with E-state index in [0.717, 1.165) is 30.7 Å². The van der Waals surface area contributed by atoms with Gasteiger partial charge in [0.2, 0.25) is 5.95 Å². The van der Waals surface area contributed by atoms with Gasteiger partial charge in [-0.15, -0.1) is 0 Å². The summed E-state index contributed by atoms with van der Waals surface area (Å²) in [6, 6.07) is 3.61. The summed E-state index contributed by atoms with van der Waals surface area (Å²) in [6.07, 6.45) is 9.78. The molecule has 11 nitrogen and oxygen atoms in total. The van der Waals surface area contributed by atoms with Gasteiger partial charge in [0.25, 0.3) is 0 Å². The van der Waals surface area contributed by atoms with Crippen LogP contribution in [0.25, 0.3) is 16.9 Å². The lowest BCUT2D eigenvalue weighted by molar-refractivity contribution is -0.0532. The van der Waals surface area contributed by atoms with Crippen LogP contribution >= 0.6 is 0 Å². The van der Waals surface area contributed by atoms with E-state index in [2.05, 4.69) is 40.8 Å². The molecule has 4 aromatic heterocycles. The van der Waals surface area contributed by atoms with Crippen molar-refractivity contribution in [1.29, 1.82) is 0 Å². The van der Waals surface area contributed by atoms with Crippen LogP contribution in [0.5, 0.6) is 0 Å². The van der Waals surface area contributed by atoms with Crippen LogP contribution < -0.4 is 10.6 Å². The molecule has 4 aliphatic rings. The Labute approximate surface area is 204 Å². The number of carbonyl (C=O) groups excluding carboxylic acids is 1. The molecule has 184 valence electrons. The monoisotopic (exact) mass is 489 g/mol. The van der Waals surface area contributed by atoms with E-state index in [1.54, 1.807) is 35.3 Å². The number of anilines is 2. The number of imidazole rings is 1. The number of alkyl halides is 1. The molecule has 0 spiro atoms. The number of H-pyrrole nitrogens is 1. The first-order chi connectivity index (χ1) is 17.6. The number of aromatic nitrogens is 7. The number of nitrogens with zero attached hydrogens (tertiary/aromatic N) is 6. The standard InChI is InChI=1S/C24H24FN9O2/c25-21-15(1-2-18(21)36-23(35)31-24-7-13(8-24)9-24)17-5-19(33-32-17)30-22-29-16(14-10-26-12-27-11-14)6-20-28-3-4-34(20)22/h3-6,10-13,15,18,21H,1-2,7-9H2,(H,31,35)(H2,29,30,32,33)/t13?,15-,18-,21+,24?/m1/s1. The normalized spacial score (nSPS) is 28.4. The third-order valence-corrected chi connectivity index (χ3v) is 7.65. The first-order valence-corrected chi connectivity index (χ1v) is 12.1. The summed E-state index contributed by atoms with van der Waals surface area (Å²) in [5, 5.41) is 13.4. The van der Waals surface area contributed by atoms with Gasteiger partial charge in [-0.05, 0) is 38.0 Å². The zero-order valence-electron chi connectivity index (χ0n) is 19.3. The summed E-state index contributed by atoms with van der Waals surface area (Å²) >= 11 is 0. The summed E-state index contributed by atoms with van der Waals surface area (Å²) < 4.78 is 22.5. The van der Waals surface area contributed by atoms with Crippen LogP contribution in [0.3, 0.4) is 0 Å². The fraction of sp³-hybridized carbons (Fsp3) is 0.417. The molecule has 4 heterocycles. The number of fused-ring (bicyclic) bond motifs is 1. The Kier molecular flexibility index (Phi) is 4.70. The SMILES string of the molecule is O=C(NC12CC(C1)C2)O[C@@H]1CC[C@H](c2cc(Nc3nc(-c4cncnc4)cc4nccn34)n[nH]2)[C@@H]1F. The molecule has 0 aromatic carbocycles. The molecule has 0 aliphatic heterocycles. The van der Waals surface area contributed by atoms with Crippen molar-refractivity contribution >= 4 is 23.5 Å². The summed E-state index contributed by atoms with van der Waals surface area (Å²) in [5.41, 5.74) is 2.66. The van der Waals surface area contributed by atoms with E-state index in [4.69, 9.17) is 4.74 Å². The van der Waals surface area contributed by atoms with Gasteiger partial charge in [0.1, 0.15) is 24.3 Å². The van der Waals surface area contributed by atoms with Crippen molar-refractivity contribution in [3.8, 4) is 11.3 Å². The molecule has 8 rings (SSSR count). The van der Waals surface area contributed by atoms with E-state index in [0.29, 0.717) is 41.6 Å². The van der Waals surface area contributed by atoms with Crippen molar-refractivity contribution in [2.24, 2.45) is 5.92 Å². The van der Waals surface area contributed by atoms with Crippen LogP contribution in [-0.2, 0) is 4.74 Å². The largest absolute Gasteiger partial charge is 0.443 e. The van der Waals surface area contributed by atoms with Crippen LogP contribution in [0.2, 0.25) is 0 Å². The fourth-order valence-corrected chi connectivity index (χ4v) is 5.68. The maximum Gasteiger partial charge on any atom is 0.407 e. The Morgan fingerprint density at radius 2 is 2.03 bits per heavy atom. The number of nitrogens with one attached hydrogen (secondary N) is 3. The number of hydrogen-bond donors (Lipinski definition) is 3. The molecule has 2 bridgehead atoms. The Hall–Kier alpha value is -4.09. The van der Waals surface area contributed by atoms with Gasteiger partial charge in [0, 0.05) is 59.6 Å². The minimum absolute atomic E-state index is 0.0883. The average Bonchev–Trinajstić information content (AvgIpc) is 3.57. The number of aromatic amines is 1. The second-order valence-electron chi connectivity index (χ2n) is 10.0. The first kappa shape index (κ1) is 21.2. The van der Waals surface area contributed by atoms with E-state index >= 15 is 4.39 Å².